The average molecular weight is 475 g/mol. The zero-order chi connectivity index (χ0) is 25.2. The molecule has 180 valence electrons. The first kappa shape index (κ1) is 25.3. The number of ether oxygens (including phenoxy) is 3. The zero-order valence-electron chi connectivity index (χ0n) is 19.9. The molecule has 3 aromatic carbocycles. The van der Waals surface area contributed by atoms with Crippen molar-refractivity contribution in [2.24, 2.45) is 0 Å². The second-order valence-corrected chi connectivity index (χ2v) is 7.88. The molecule has 0 aliphatic carbocycles. The lowest BCUT2D eigenvalue weighted by Gasteiger charge is -2.13. The van der Waals surface area contributed by atoms with Crippen molar-refractivity contribution in [3.05, 3.63) is 89.2 Å². The maximum Gasteiger partial charge on any atom is 0.266 e. The molecule has 1 amide bonds. The highest BCUT2D eigenvalue weighted by Crippen LogP contribution is 2.30. The molecule has 35 heavy (non-hydrogen) atoms. The van der Waals surface area contributed by atoms with Crippen molar-refractivity contribution in [2.75, 3.05) is 11.9 Å². The van der Waals surface area contributed by atoms with Gasteiger partial charge in [-0.05, 0) is 74.4 Å². The van der Waals surface area contributed by atoms with Crippen LogP contribution in [-0.2, 0) is 11.4 Å². The molecule has 7 heteroatoms. The van der Waals surface area contributed by atoms with Crippen molar-refractivity contribution >= 4 is 17.7 Å². The van der Waals surface area contributed by atoms with Crippen LogP contribution >= 0.6 is 0 Å². The highest BCUT2D eigenvalue weighted by molar-refractivity contribution is 6.09. The summed E-state index contributed by atoms with van der Waals surface area (Å²) in [7, 11) is 0. The lowest BCUT2D eigenvalue weighted by molar-refractivity contribution is -0.112. The number of amides is 1. The normalized spacial score (nSPS) is 11.0. The minimum Gasteiger partial charge on any atom is -0.491 e. The van der Waals surface area contributed by atoms with E-state index in [4.69, 9.17) is 14.2 Å². The standard InChI is InChI=1S/C28H27FN2O4/c1-4-33-27-15-20(11-12-26(27)34-18-21-7-5-8-23(29)14-21)13-22(17-30)28(32)31-24-9-6-10-25(16-24)35-19(2)3/h5-16,19H,4,18H2,1-3H3,(H,31,32)/b22-13-. The van der Waals surface area contributed by atoms with E-state index in [1.165, 1.54) is 18.2 Å². The van der Waals surface area contributed by atoms with E-state index in [1.54, 1.807) is 54.6 Å². The van der Waals surface area contributed by atoms with Crippen LogP contribution in [0.1, 0.15) is 31.9 Å². The molecule has 0 atom stereocenters. The van der Waals surface area contributed by atoms with Gasteiger partial charge < -0.3 is 19.5 Å². The van der Waals surface area contributed by atoms with Crippen LogP contribution in [0.2, 0.25) is 0 Å². The first-order valence-electron chi connectivity index (χ1n) is 11.2. The van der Waals surface area contributed by atoms with E-state index in [9.17, 15) is 14.4 Å². The molecule has 1 N–H and O–H groups in total. The maximum absolute atomic E-state index is 13.4. The number of hydrogen-bond donors (Lipinski definition) is 1. The number of hydrogen-bond acceptors (Lipinski definition) is 5. The number of carbonyl (C=O) groups excluding carboxylic acids is 1. The van der Waals surface area contributed by atoms with Gasteiger partial charge >= 0.3 is 0 Å². The van der Waals surface area contributed by atoms with Gasteiger partial charge in [0.15, 0.2) is 11.5 Å². The Hall–Kier alpha value is -4.31. The minimum absolute atomic E-state index is 0.00383. The Bertz CT molecular complexity index is 1250. The predicted molar refractivity (Wildman–Crippen MR) is 133 cm³/mol. The quantitative estimate of drug-likeness (QED) is 0.282. The molecule has 0 fully saturated rings. The van der Waals surface area contributed by atoms with Crippen LogP contribution in [0.3, 0.4) is 0 Å². The Morgan fingerprint density at radius 1 is 1.06 bits per heavy atom. The Balaban J connectivity index is 1.76. The fraction of sp³-hybridized carbons (Fsp3) is 0.214. The number of carbonyl (C=O) groups is 1. The van der Waals surface area contributed by atoms with Crippen LogP contribution in [-0.4, -0.2) is 18.6 Å². The van der Waals surface area contributed by atoms with Gasteiger partial charge in [-0.1, -0.05) is 24.3 Å². The minimum atomic E-state index is -0.543. The fourth-order valence-corrected chi connectivity index (χ4v) is 3.22. The number of nitrogens with zero attached hydrogens (tertiary/aromatic N) is 1. The largest absolute Gasteiger partial charge is 0.491 e. The summed E-state index contributed by atoms with van der Waals surface area (Å²) in [4.78, 5) is 12.7. The predicted octanol–water partition coefficient (Wildman–Crippen LogP) is 6.14. The molecule has 0 bridgehead atoms. The first-order chi connectivity index (χ1) is 16.9. The number of halogens is 1. The molecule has 0 spiro atoms. The van der Waals surface area contributed by atoms with E-state index >= 15 is 0 Å². The topological polar surface area (TPSA) is 80.6 Å². The Labute approximate surface area is 204 Å². The summed E-state index contributed by atoms with van der Waals surface area (Å²) in [6.45, 7) is 6.22. The van der Waals surface area contributed by atoms with Crippen LogP contribution < -0.4 is 19.5 Å². The van der Waals surface area contributed by atoms with Crippen molar-refractivity contribution in [3.8, 4) is 23.3 Å². The molecule has 0 unspecified atom stereocenters. The number of nitriles is 1. The van der Waals surface area contributed by atoms with Crippen molar-refractivity contribution in [3.63, 3.8) is 0 Å². The monoisotopic (exact) mass is 474 g/mol. The lowest BCUT2D eigenvalue weighted by atomic mass is 10.1. The van der Waals surface area contributed by atoms with E-state index in [2.05, 4.69) is 5.32 Å². The van der Waals surface area contributed by atoms with E-state index in [-0.39, 0.29) is 24.1 Å². The van der Waals surface area contributed by atoms with E-state index < -0.39 is 5.91 Å². The second kappa shape index (κ2) is 12.2. The van der Waals surface area contributed by atoms with E-state index in [0.717, 1.165) is 0 Å². The number of benzene rings is 3. The average Bonchev–Trinajstić information content (AvgIpc) is 2.82. The summed E-state index contributed by atoms with van der Waals surface area (Å²) < 4.78 is 30.6. The number of anilines is 1. The molecule has 0 saturated carbocycles. The number of rotatable bonds is 10. The molecule has 0 aliphatic rings. The Morgan fingerprint density at radius 2 is 1.86 bits per heavy atom. The van der Waals surface area contributed by atoms with Gasteiger partial charge in [0, 0.05) is 11.8 Å². The molecule has 3 aromatic rings. The summed E-state index contributed by atoms with van der Waals surface area (Å²) in [5.74, 6) is 0.666. The molecule has 6 nitrogen and oxygen atoms in total. The first-order valence-corrected chi connectivity index (χ1v) is 11.2. The van der Waals surface area contributed by atoms with Crippen LogP contribution in [0, 0.1) is 17.1 Å². The molecule has 0 saturated heterocycles. The fourth-order valence-electron chi connectivity index (χ4n) is 3.22. The Morgan fingerprint density at radius 3 is 2.57 bits per heavy atom. The van der Waals surface area contributed by atoms with Crippen LogP contribution in [0.4, 0.5) is 10.1 Å². The summed E-state index contributed by atoms with van der Waals surface area (Å²) in [6, 6.07) is 20.2. The summed E-state index contributed by atoms with van der Waals surface area (Å²) in [6.07, 6.45) is 1.47. The molecule has 3 rings (SSSR count). The summed E-state index contributed by atoms with van der Waals surface area (Å²) in [5.41, 5.74) is 1.72. The third-order valence-corrected chi connectivity index (χ3v) is 4.69. The van der Waals surface area contributed by atoms with Gasteiger partial charge in [-0.25, -0.2) is 4.39 Å². The molecule has 0 heterocycles. The van der Waals surface area contributed by atoms with Crippen molar-refractivity contribution in [1.29, 1.82) is 5.26 Å². The molecule has 0 aliphatic heterocycles. The molecule has 0 aromatic heterocycles. The number of nitrogens with one attached hydrogen (secondary N) is 1. The smallest absolute Gasteiger partial charge is 0.266 e. The maximum atomic E-state index is 13.4. The zero-order valence-corrected chi connectivity index (χ0v) is 19.9. The highest BCUT2D eigenvalue weighted by Gasteiger charge is 2.12. The van der Waals surface area contributed by atoms with E-state index in [1.807, 2.05) is 26.8 Å². The molecular weight excluding hydrogens is 447 g/mol. The second-order valence-electron chi connectivity index (χ2n) is 7.88. The third kappa shape index (κ3) is 7.61. The van der Waals surface area contributed by atoms with Gasteiger partial charge in [-0.3, -0.25) is 4.79 Å². The van der Waals surface area contributed by atoms with Crippen molar-refractivity contribution < 1.29 is 23.4 Å². The van der Waals surface area contributed by atoms with E-state index in [0.29, 0.717) is 40.7 Å². The van der Waals surface area contributed by atoms with Gasteiger partial charge in [0.1, 0.15) is 29.8 Å². The van der Waals surface area contributed by atoms with Gasteiger partial charge in [0.05, 0.1) is 12.7 Å². The molecular formula is C28H27FN2O4. The van der Waals surface area contributed by atoms with Gasteiger partial charge in [-0.2, -0.15) is 5.26 Å². The third-order valence-electron chi connectivity index (χ3n) is 4.69. The lowest BCUT2D eigenvalue weighted by Crippen LogP contribution is -2.13. The van der Waals surface area contributed by atoms with Crippen LogP contribution in [0.15, 0.2) is 72.3 Å². The highest BCUT2D eigenvalue weighted by atomic mass is 19.1. The van der Waals surface area contributed by atoms with Crippen LogP contribution in [0.5, 0.6) is 17.2 Å². The van der Waals surface area contributed by atoms with Gasteiger partial charge in [0.2, 0.25) is 0 Å². The SMILES string of the molecule is CCOc1cc(/C=C(/C#N)C(=O)Nc2cccc(OC(C)C)c2)ccc1OCc1cccc(F)c1. The van der Waals surface area contributed by atoms with Gasteiger partial charge in [-0.15, -0.1) is 0 Å². The van der Waals surface area contributed by atoms with Gasteiger partial charge in [0.25, 0.3) is 5.91 Å². The van der Waals surface area contributed by atoms with Crippen molar-refractivity contribution in [1.82, 2.24) is 0 Å². The Kier molecular flexibility index (Phi) is 8.85. The summed E-state index contributed by atoms with van der Waals surface area (Å²) in [5, 5.41) is 12.3. The van der Waals surface area contributed by atoms with Crippen LogP contribution in [0.25, 0.3) is 6.08 Å². The molecule has 0 radical (unpaired) electrons. The van der Waals surface area contributed by atoms with Crippen molar-refractivity contribution in [2.45, 2.75) is 33.5 Å². The summed E-state index contributed by atoms with van der Waals surface area (Å²) >= 11 is 0.